The molecule has 0 amide bonds. The zero-order valence-corrected chi connectivity index (χ0v) is 10.4. The summed E-state index contributed by atoms with van der Waals surface area (Å²) in [5.41, 5.74) is 6.06. The van der Waals surface area contributed by atoms with Crippen LogP contribution in [0.5, 0.6) is 0 Å². The molecule has 0 aliphatic heterocycles. The first-order valence-corrected chi connectivity index (χ1v) is 5.59. The van der Waals surface area contributed by atoms with Gasteiger partial charge in [-0.2, -0.15) is 0 Å². The molecule has 2 aromatic carbocycles. The molecule has 0 aromatic heterocycles. The number of benzene rings is 2. The predicted octanol–water partition coefficient (Wildman–Crippen LogP) is 4.14. The molecule has 0 spiro atoms. The minimum absolute atomic E-state index is 0.0128. The number of halogens is 3. The van der Waals surface area contributed by atoms with Gasteiger partial charge in [0.15, 0.2) is 11.6 Å². The molecule has 4 heteroatoms. The molecule has 0 atom stereocenters. The summed E-state index contributed by atoms with van der Waals surface area (Å²) in [5.74, 6) is -3.02. The van der Waals surface area contributed by atoms with Crippen LogP contribution in [-0.4, -0.2) is 0 Å². The van der Waals surface area contributed by atoms with Gasteiger partial charge in [-0.25, -0.2) is 13.2 Å². The van der Waals surface area contributed by atoms with Crippen molar-refractivity contribution in [1.82, 2.24) is 0 Å². The largest absolute Gasteiger partial charge is 0.399 e. The summed E-state index contributed by atoms with van der Waals surface area (Å²) < 4.78 is 41.0. The lowest BCUT2D eigenvalue weighted by Crippen LogP contribution is -2.13. The summed E-state index contributed by atoms with van der Waals surface area (Å²) in [7, 11) is 0. The zero-order chi connectivity index (χ0) is 13.7. The standard InChI is InChI=1S/C14H14F3N/c1-14(2,3)9-5-7(18)4-8-10(15)6-11(16)13(17)12(8)9/h4-6H,18H2,1-3H3. The normalized spacial score (nSPS) is 12.1. The van der Waals surface area contributed by atoms with Crippen LogP contribution in [0.1, 0.15) is 26.3 Å². The van der Waals surface area contributed by atoms with Crippen molar-refractivity contribution in [3.05, 3.63) is 41.2 Å². The Labute approximate surface area is 103 Å². The van der Waals surface area contributed by atoms with Crippen molar-refractivity contribution in [1.29, 1.82) is 0 Å². The van der Waals surface area contributed by atoms with Crippen LogP contribution in [0.3, 0.4) is 0 Å². The van der Waals surface area contributed by atoms with Crippen LogP contribution in [0, 0.1) is 17.5 Å². The number of nitrogen functional groups attached to an aromatic ring is 1. The SMILES string of the molecule is CC(C)(C)c1cc(N)cc2c(F)cc(F)c(F)c12. The van der Waals surface area contributed by atoms with Gasteiger partial charge >= 0.3 is 0 Å². The van der Waals surface area contributed by atoms with Gasteiger partial charge in [-0.1, -0.05) is 20.8 Å². The molecular weight excluding hydrogens is 239 g/mol. The van der Waals surface area contributed by atoms with E-state index in [1.54, 1.807) is 6.07 Å². The molecule has 0 unspecified atom stereocenters. The first-order chi connectivity index (χ1) is 8.21. The van der Waals surface area contributed by atoms with Crippen LogP contribution < -0.4 is 5.73 Å². The lowest BCUT2D eigenvalue weighted by atomic mass is 9.83. The quantitative estimate of drug-likeness (QED) is 0.554. The smallest absolute Gasteiger partial charge is 0.167 e. The summed E-state index contributed by atoms with van der Waals surface area (Å²) in [4.78, 5) is 0. The maximum atomic E-state index is 13.9. The molecule has 0 heterocycles. The third-order valence-electron chi connectivity index (χ3n) is 2.91. The number of hydrogen-bond acceptors (Lipinski definition) is 1. The molecule has 0 saturated carbocycles. The summed E-state index contributed by atoms with van der Waals surface area (Å²) in [6.07, 6.45) is 0. The predicted molar refractivity (Wildman–Crippen MR) is 66.9 cm³/mol. The first kappa shape index (κ1) is 12.7. The second-order valence-corrected chi connectivity index (χ2v) is 5.40. The topological polar surface area (TPSA) is 26.0 Å². The van der Waals surface area contributed by atoms with Gasteiger partial charge in [0.2, 0.25) is 0 Å². The minimum Gasteiger partial charge on any atom is -0.399 e. The van der Waals surface area contributed by atoms with E-state index in [9.17, 15) is 13.2 Å². The molecule has 2 N–H and O–H groups in total. The molecule has 1 nitrogen and oxygen atoms in total. The summed E-state index contributed by atoms with van der Waals surface area (Å²) in [6, 6.07) is 3.43. The molecule has 0 radical (unpaired) electrons. The van der Waals surface area contributed by atoms with Gasteiger partial charge in [0, 0.05) is 22.5 Å². The Morgan fingerprint density at radius 2 is 1.56 bits per heavy atom. The average Bonchev–Trinajstić information content (AvgIpc) is 2.23. The second kappa shape index (κ2) is 3.90. The van der Waals surface area contributed by atoms with Gasteiger partial charge in [0.05, 0.1) is 0 Å². The number of nitrogens with two attached hydrogens (primary N) is 1. The maximum absolute atomic E-state index is 13.9. The minimum atomic E-state index is -1.18. The highest BCUT2D eigenvalue weighted by atomic mass is 19.2. The molecule has 0 aliphatic carbocycles. The van der Waals surface area contributed by atoms with Crippen LogP contribution in [0.25, 0.3) is 10.8 Å². The Morgan fingerprint density at radius 1 is 0.944 bits per heavy atom. The number of fused-ring (bicyclic) bond motifs is 1. The molecule has 0 saturated heterocycles. The Bertz CT molecular complexity index is 627. The van der Waals surface area contributed by atoms with Crippen LogP contribution in [0.15, 0.2) is 18.2 Å². The van der Waals surface area contributed by atoms with Gasteiger partial charge in [-0.15, -0.1) is 0 Å². The summed E-state index contributed by atoms with van der Waals surface area (Å²) >= 11 is 0. The van der Waals surface area contributed by atoms with E-state index >= 15 is 0 Å². The van der Waals surface area contributed by atoms with E-state index in [-0.39, 0.29) is 10.8 Å². The molecule has 96 valence electrons. The highest BCUT2D eigenvalue weighted by Crippen LogP contribution is 2.35. The van der Waals surface area contributed by atoms with E-state index < -0.39 is 22.9 Å². The van der Waals surface area contributed by atoms with Gasteiger partial charge in [0.1, 0.15) is 5.82 Å². The van der Waals surface area contributed by atoms with Crippen LogP contribution in [0.2, 0.25) is 0 Å². The van der Waals surface area contributed by atoms with Crippen LogP contribution >= 0.6 is 0 Å². The number of anilines is 1. The lowest BCUT2D eigenvalue weighted by Gasteiger charge is -2.22. The highest BCUT2D eigenvalue weighted by Gasteiger charge is 2.23. The van der Waals surface area contributed by atoms with Crippen molar-refractivity contribution in [3.8, 4) is 0 Å². The van der Waals surface area contributed by atoms with E-state index in [2.05, 4.69) is 0 Å². The molecule has 2 aromatic rings. The average molecular weight is 253 g/mol. The third-order valence-corrected chi connectivity index (χ3v) is 2.91. The lowest BCUT2D eigenvalue weighted by molar-refractivity contribution is 0.502. The Balaban J connectivity index is 3.03. The second-order valence-electron chi connectivity index (χ2n) is 5.40. The Morgan fingerprint density at radius 3 is 2.11 bits per heavy atom. The van der Waals surface area contributed by atoms with Crippen molar-refractivity contribution in [2.45, 2.75) is 26.2 Å². The highest BCUT2D eigenvalue weighted by molar-refractivity contribution is 5.90. The molecule has 0 bridgehead atoms. The molecule has 2 rings (SSSR count). The maximum Gasteiger partial charge on any atom is 0.167 e. The van der Waals surface area contributed by atoms with Crippen molar-refractivity contribution in [2.75, 3.05) is 5.73 Å². The van der Waals surface area contributed by atoms with E-state index in [4.69, 9.17) is 5.73 Å². The Hall–Kier alpha value is -1.71. The van der Waals surface area contributed by atoms with E-state index in [0.717, 1.165) is 0 Å². The number of hydrogen-bond donors (Lipinski definition) is 1. The number of rotatable bonds is 0. The van der Waals surface area contributed by atoms with Crippen molar-refractivity contribution in [3.63, 3.8) is 0 Å². The molecule has 18 heavy (non-hydrogen) atoms. The van der Waals surface area contributed by atoms with Crippen molar-refractivity contribution >= 4 is 16.5 Å². The van der Waals surface area contributed by atoms with E-state index in [0.29, 0.717) is 17.3 Å². The first-order valence-electron chi connectivity index (χ1n) is 5.59. The summed E-state index contributed by atoms with van der Waals surface area (Å²) in [6.45, 7) is 5.51. The monoisotopic (exact) mass is 253 g/mol. The van der Waals surface area contributed by atoms with Gasteiger partial charge < -0.3 is 5.73 Å². The van der Waals surface area contributed by atoms with E-state index in [1.807, 2.05) is 20.8 Å². The zero-order valence-electron chi connectivity index (χ0n) is 10.4. The molecule has 0 aliphatic rings. The van der Waals surface area contributed by atoms with Gasteiger partial charge in [0.25, 0.3) is 0 Å². The van der Waals surface area contributed by atoms with E-state index in [1.165, 1.54) is 6.07 Å². The fraction of sp³-hybridized carbons (Fsp3) is 0.286. The van der Waals surface area contributed by atoms with Crippen LogP contribution in [0.4, 0.5) is 18.9 Å². The molecular formula is C14H14F3N. The fourth-order valence-electron chi connectivity index (χ4n) is 2.05. The van der Waals surface area contributed by atoms with Gasteiger partial charge in [-0.05, 0) is 23.1 Å². The van der Waals surface area contributed by atoms with Crippen LogP contribution in [-0.2, 0) is 5.41 Å². The van der Waals surface area contributed by atoms with Gasteiger partial charge in [-0.3, -0.25) is 0 Å². The molecule has 0 fully saturated rings. The van der Waals surface area contributed by atoms with Crippen molar-refractivity contribution in [2.24, 2.45) is 0 Å². The Kier molecular flexibility index (Phi) is 2.76. The fourth-order valence-corrected chi connectivity index (χ4v) is 2.05. The van der Waals surface area contributed by atoms with Crippen molar-refractivity contribution < 1.29 is 13.2 Å². The third kappa shape index (κ3) is 1.92. The summed E-state index contributed by atoms with van der Waals surface area (Å²) in [5, 5.41) is -0.0203.